The van der Waals surface area contributed by atoms with Crippen LogP contribution in [-0.4, -0.2) is 38.5 Å². The molecule has 9 nitrogen and oxygen atoms in total. The normalized spacial score (nSPS) is 16.9. The number of carbonyl (C=O) groups excluding carboxylic acids is 1. The number of fused-ring (bicyclic) bond motifs is 1. The van der Waals surface area contributed by atoms with Gasteiger partial charge >= 0.3 is 11.9 Å². The molecule has 1 aromatic carbocycles. The van der Waals surface area contributed by atoms with Crippen LogP contribution in [0.15, 0.2) is 27.4 Å². The van der Waals surface area contributed by atoms with Gasteiger partial charge in [0, 0.05) is 23.8 Å². The van der Waals surface area contributed by atoms with E-state index in [4.69, 9.17) is 14.3 Å². The first-order chi connectivity index (χ1) is 11.3. The fraction of sp³-hybridized carbons (Fsp3) is 0.133. The summed E-state index contributed by atoms with van der Waals surface area (Å²) in [7, 11) is 0. The molecule has 4 N–H and O–H groups in total. The molecule has 0 bridgehead atoms. The number of aliphatic carboxylic acids is 1. The Hall–Kier alpha value is -3.49. The van der Waals surface area contributed by atoms with Crippen LogP contribution in [0, 0.1) is 0 Å². The number of cyclic esters (lactones) is 1. The topological polar surface area (TPSA) is 154 Å². The van der Waals surface area contributed by atoms with Crippen molar-refractivity contribution < 1.29 is 39.2 Å². The van der Waals surface area contributed by atoms with Crippen LogP contribution >= 0.6 is 0 Å². The highest BCUT2D eigenvalue weighted by molar-refractivity contribution is 5.99. The molecule has 1 aliphatic rings. The molecule has 0 fully saturated rings. The summed E-state index contributed by atoms with van der Waals surface area (Å²) in [6.07, 6.45) is -0.933. The van der Waals surface area contributed by atoms with Crippen LogP contribution in [-0.2, 0) is 14.3 Å². The number of carboxylic acid groups (broad SMARTS) is 1. The Morgan fingerprint density at radius 1 is 1.17 bits per heavy atom. The van der Waals surface area contributed by atoms with Crippen LogP contribution in [0.25, 0.3) is 16.5 Å². The van der Waals surface area contributed by atoms with E-state index >= 15 is 0 Å². The highest BCUT2D eigenvalue weighted by Crippen LogP contribution is 2.36. The third-order valence-electron chi connectivity index (χ3n) is 3.44. The molecule has 1 aliphatic heterocycles. The smallest absolute Gasteiger partial charge is 0.331 e. The molecule has 3 rings (SSSR count). The van der Waals surface area contributed by atoms with Crippen LogP contribution < -0.4 is 5.43 Å². The quantitative estimate of drug-likeness (QED) is 0.593. The highest BCUT2D eigenvalue weighted by atomic mass is 16.5. The summed E-state index contributed by atoms with van der Waals surface area (Å²) in [6, 6.07) is 1.93. The van der Waals surface area contributed by atoms with E-state index in [1.54, 1.807) is 0 Å². The second-order valence-corrected chi connectivity index (χ2v) is 5.07. The van der Waals surface area contributed by atoms with Crippen LogP contribution in [0.3, 0.4) is 0 Å². The summed E-state index contributed by atoms with van der Waals surface area (Å²) < 4.78 is 10.1. The molecule has 1 unspecified atom stereocenters. The first-order valence-corrected chi connectivity index (χ1v) is 6.64. The number of carboxylic acids is 1. The number of benzene rings is 1. The van der Waals surface area contributed by atoms with Gasteiger partial charge in [0.05, 0.1) is 6.42 Å². The number of carbonyl (C=O) groups is 2. The van der Waals surface area contributed by atoms with Crippen molar-refractivity contribution in [1.82, 2.24) is 0 Å². The molecule has 0 amide bonds. The summed E-state index contributed by atoms with van der Waals surface area (Å²) in [5.74, 6) is -4.49. The molecule has 2 heterocycles. The van der Waals surface area contributed by atoms with Gasteiger partial charge in [-0.05, 0) is 0 Å². The van der Waals surface area contributed by atoms with Crippen LogP contribution in [0.5, 0.6) is 17.2 Å². The summed E-state index contributed by atoms with van der Waals surface area (Å²) in [4.78, 5) is 34.5. The van der Waals surface area contributed by atoms with E-state index in [1.165, 1.54) is 0 Å². The molecule has 0 radical (unpaired) electrons. The predicted molar refractivity (Wildman–Crippen MR) is 77.6 cm³/mol. The van der Waals surface area contributed by atoms with Gasteiger partial charge in [0.25, 0.3) is 0 Å². The minimum atomic E-state index is -1.27. The van der Waals surface area contributed by atoms with Gasteiger partial charge in [-0.2, -0.15) is 0 Å². The SMILES string of the molecule is O=C(O)CC1OC(=O)C=C1c1oc2cc(O)cc(O)c2c(=O)c1O. The van der Waals surface area contributed by atoms with Crippen molar-refractivity contribution in [3.63, 3.8) is 0 Å². The van der Waals surface area contributed by atoms with E-state index in [-0.39, 0.29) is 16.5 Å². The number of hydrogen-bond donors (Lipinski definition) is 4. The van der Waals surface area contributed by atoms with Crippen molar-refractivity contribution in [2.75, 3.05) is 0 Å². The first kappa shape index (κ1) is 15.4. The molecule has 2 aromatic rings. The fourth-order valence-corrected chi connectivity index (χ4v) is 2.45. The second kappa shape index (κ2) is 5.30. The van der Waals surface area contributed by atoms with Gasteiger partial charge in [0.15, 0.2) is 5.76 Å². The van der Waals surface area contributed by atoms with Crippen molar-refractivity contribution in [3.05, 3.63) is 34.2 Å². The number of hydrogen-bond acceptors (Lipinski definition) is 8. The van der Waals surface area contributed by atoms with Crippen molar-refractivity contribution in [2.24, 2.45) is 0 Å². The molecule has 0 saturated carbocycles. The van der Waals surface area contributed by atoms with Gasteiger partial charge in [-0.25, -0.2) is 4.79 Å². The zero-order valence-electron chi connectivity index (χ0n) is 11.8. The number of ether oxygens (including phenoxy) is 1. The molecule has 1 aromatic heterocycles. The molecule has 0 aliphatic carbocycles. The maximum atomic E-state index is 12.2. The van der Waals surface area contributed by atoms with Crippen molar-refractivity contribution in [2.45, 2.75) is 12.5 Å². The van der Waals surface area contributed by atoms with Gasteiger partial charge in [-0.1, -0.05) is 0 Å². The minimum Gasteiger partial charge on any atom is -0.508 e. The number of esters is 1. The fourth-order valence-electron chi connectivity index (χ4n) is 2.45. The van der Waals surface area contributed by atoms with E-state index in [0.29, 0.717) is 0 Å². The van der Waals surface area contributed by atoms with Crippen molar-refractivity contribution in [3.8, 4) is 17.2 Å². The lowest BCUT2D eigenvalue weighted by Crippen LogP contribution is -2.17. The van der Waals surface area contributed by atoms with Gasteiger partial charge in [-0.15, -0.1) is 0 Å². The number of phenolic OH excluding ortho intramolecular Hbond substituents is 2. The lowest BCUT2D eigenvalue weighted by molar-refractivity contribution is -0.144. The lowest BCUT2D eigenvalue weighted by Gasteiger charge is -2.13. The molecular weight excluding hydrogens is 324 g/mol. The summed E-state index contributed by atoms with van der Waals surface area (Å²) in [6.45, 7) is 0. The summed E-state index contributed by atoms with van der Waals surface area (Å²) in [5, 5.41) is 37.7. The van der Waals surface area contributed by atoms with Crippen LogP contribution in [0.4, 0.5) is 0 Å². The van der Waals surface area contributed by atoms with Gasteiger partial charge < -0.3 is 29.6 Å². The molecule has 9 heteroatoms. The molecule has 124 valence electrons. The average molecular weight is 334 g/mol. The summed E-state index contributed by atoms with van der Waals surface area (Å²) in [5.41, 5.74) is -1.38. The van der Waals surface area contributed by atoms with Gasteiger partial charge in [-0.3, -0.25) is 9.59 Å². The van der Waals surface area contributed by atoms with Crippen molar-refractivity contribution >= 4 is 28.5 Å². The first-order valence-electron chi connectivity index (χ1n) is 6.64. The van der Waals surface area contributed by atoms with E-state index in [2.05, 4.69) is 0 Å². The number of phenols is 2. The zero-order chi connectivity index (χ0) is 17.6. The Kier molecular flexibility index (Phi) is 3.40. The van der Waals surface area contributed by atoms with Gasteiger partial charge in [0.2, 0.25) is 11.2 Å². The van der Waals surface area contributed by atoms with E-state index in [1.807, 2.05) is 0 Å². The standard InChI is InChI=1S/C15H10O9/c16-5-1-7(17)12-9(2-5)24-15(14(22)13(12)21)6-3-11(20)23-8(6)4-10(18)19/h1-3,8,16-17,22H,4H2,(H,18,19). The second-order valence-electron chi connectivity index (χ2n) is 5.07. The van der Waals surface area contributed by atoms with Crippen LogP contribution in [0.1, 0.15) is 12.2 Å². The molecule has 1 atom stereocenters. The maximum absolute atomic E-state index is 12.2. The van der Waals surface area contributed by atoms with Crippen molar-refractivity contribution in [1.29, 1.82) is 0 Å². The Bertz CT molecular complexity index is 967. The number of aromatic hydroxyl groups is 3. The highest BCUT2D eigenvalue weighted by Gasteiger charge is 2.34. The Balaban J connectivity index is 2.25. The average Bonchev–Trinajstić information content (AvgIpc) is 2.81. The molecule has 0 saturated heterocycles. The molecule has 0 spiro atoms. The van der Waals surface area contributed by atoms with Crippen LogP contribution in [0.2, 0.25) is 0 Å². The Morgan fingerprint density at radius 2 is 1.88 bits per heavy atom. The Morgan fingerprint density at radius 3 is 2.54 bits per heavy atom. The third-order valence-corrected chi connectivity index (χ3v) is 3.44. The molecular formula is C15H10O9. The zero-order valence-corrected chi connectivity index (χ0v) is 11.8. The molecule has 24 heavy (non-hydrogen) atoms. The third kappa shape index (κ3) is 2.41. The lowest BCUT2D eigenvalue weighted by atomic mass is 10.0. The minimum absolute atomic E-state index is 0.123. The van der Waals surface area contributed by atoms with Gasteiger partial charge in [0.1, 0.15) is 28.6 Å². The van der Waals surface area contributed by atoms with E-state index in [0.717, 1.165) is 18.2 Å². The summed E-state index contributed by atoms with van der Waals surface area (Å²) >= 11 is 0. The largest absolute Gasteiger partial charge is 0.508 e. The van der Waals surface area contributed by atoms with E-state index in [9.17, 15) is 29.7 Å². The predicted octanol–water partition coefficient (Wildman–Crippen LogP) is 0.693. The maximum Gasteiger partial charge on any atom is 0.331 e. The Labute approximate surface area is 132 Å². The van der Waals surface area contributed by atoms with E-state index < -0.39 is 52.9 Å². The monoisotopic (exact) mass is 334 g/mol. The number of rotatable bonds is 3.